The molecule has 0 bridgehead atoms. The number of ether oxygens (including phenoxy) is 1. The van der Waals surface area contributed by atoms with Crippen molar-refractivity contribution in [3.05, 3.63) is 29.8 Å². The predicted octanol–water partition coefficient (Wildman–Crippen LogP) is 2.90. The van der Waals surface area contributed by atoms with Gasteiger partial charge in [0.05, 0.1) is 6.10 Å². The monoisotopic (exact) mass is 249 g/mol. The molecule has 0 saturated carbocycles. The van der Waals surface area contributed by atoms with Crippen LogP contribution in [0, 0.1) is 5.92 Å². The Morgan fingerprint density at radius 1 is 1.28 bits per heavy atom. The van der Waals surface area contributed by atoms with Gasteiger partial charge < -0.3 is 10.1 Å². The van der Waals surface area contributed by atoms with Gasteiger partial charge in [-0.2, -0.15) is 0 Å². The van der Waals surface area contributed by atoms with Crippen LogP contribution in [0.2, 0.25) is 0 Å². The summed E-state index contributed by atoms with van der Waals surface area (Å²) in [7, 11) is 1.87. The number of hydrogen-bond donors (Lipinski definition) is 1. The molecule has 0 heterocycles. The van der Waals surface area contributed by atoms with Crippen molar-refractivity contribution in [3.63, 3.8) is 0 Å². The molecular formula is C15H23NO2. The maximum absolute atomic E-state index is 12.2. The fourth-order valence-corrected chi connectivity index (χ4v) is 1.87. The Kier molecular flexibility index (Phi) is 5.86. The first-order valence-electron chi connectivity index (χ1n) is 6.54. The molecule has 0 saturated heterocycles. The van der Waals surface area contributed by atoms with Crippen molar-refractivity contribution < 1.29 is 9.53 Å². The highest BCUT2D eigenvalue weighted by molar-refractivity contribution is 5.98. The smallest absolute Gasteiger partial charge is 0.167 e. The minimum Gasteiger partial charge on any atom is -0.491 e. The van der Waals surface area contributed by atoms with Gasteiger partial charge in [-0.3, -0.25) is 4.79 Å². The summed E-state index contributed by atoms with van der Waals surface area (Å²) in [6.45, 7) is 6.73. The van der Waals surface area contributed by atoms with Gasteiger partial charge in [0.1, 0.15) is 5.75 Å². The molecule has 1 unspecified atom stereocenters. The van der Waals surface area contributed by atoms with Crippen LogP contribution in [0.3, 0.4) is 0 Å². The number of ketones is 1. The molecule has 3 nitrogen and oxygen atoms in total. The molecule has 18 heavy (non-hydrogen) atoms. The molecule has 0 fully saturated rings. The summed E-state index contributed by atoms with van der Waals surface area (Å²) < 4.78 is 5.56. The Balaban J connectivity index is 2.74. The van der Waals surface area contributed by atoms with E-state index in [4.69, 9.17) is 4.74 Å². The number of Topliss-reactive ketones (excluding diaryl/α,β-unsaturated/α-hetero) is 1. The molecule has 3 heteroatoms. The first kappa shape index (κ1) is 14.7. The average Bonchev–Trinajstić information content (AvgIpc) is 2.35. The highest BCUT2D eigenvalue weighted by Crippen LogP contribution is 2.17. The Morgan fingerprint density at radius 3 is 2.33 bits per heavy atom. The predicted molar refractivity (Wildman–Crippen MR) is 74.2 cm³/mol. The average molecular weight is 249 g/mol. The lowest BCUT2D eigenvalue weighted by atomic mass is 9.95. The summed E-state index contributed by atoms with van der Waals surface area (Å²) in [5, 5.41) is 3.06. The van der Waals surface area contributed by atoms with Crippen molar-refractivity contribution in [2.45, 2.75) is 33.3 Å². The Bertz CT molecular complexity index is 371. The van der Waals surface area contributed by atoms with E-state index in [-0.39, 0.29) is 17.8 Å². The normalized spacial score (nSPS) is 12.5. The van der Waals surface area contributed by atoms with E-state index >= 15 is 0 Å². The molecule has 1 atom stereocenters. The van der Waals surface area contributed by atoms with Gasteiger partial charge in [0.25, 0.3) is 0 Å². The second-order valence-electron chi connectivity index (χ2n) is 4.72. The minimum absolute atomic E-state index is 0.0480. The molecule has 0 aromatic heterocycles. The van der Waals surface area contributed by atoms with Crippen molar-refractivity contribution in [3.8, 4) is 5.75 Å². The van der Waals surface area contributed by atoms with Crippen LogP contribution in [0.4, 0.5) is 0 Å². The third-order valence-electron chi connectivity index (χ3n) is 2.82. The Hall–Kier alpha value is -1.35. The molecule has 0 spiro atoms. The number of carbonyl (C=O) groups excluding carboxylic acids is 1. The molecule has 1 N–H and O–H groups in total. The van der Waals surface area contributed by atoms with Crippen LogP contribution in [0.1, 0.15) is 37.6 Å². The van der Waals surface area contributed by atoms with E-state index < -0.39 is 0 Å². The van der Waals surface area contributed by atoms with E-state index in [1.54, 1.807) is 0 Å². The molecule has 0 aliphatic heterocycles. The molecule has 0 aliphatic carbocycles. The van der Waals surface area contributed by atoms with Gasteiger partial charge >= 0.3 is 0 Å². The molecule has 100 valence electrons. The zero-order valence-electron chi connectivity index (χ0n) is 11.7. The van der Waals surface area contributed by atoms with Crippen molar-refractivity contribution in [2.24, 2.45) is 5.92 Å². The summed E-state index contributed by atoms with van der Waals surface area (Å²) in [6, 6.07) is 7.41. The van der Waals surface area contributed by atoms with E-state index in [1.807, 2.05) is 52.1 Å². The summed E-state index contributed by atoms with van der Waals surface area (Å²) >= 11 is 0. The molecule has 1 aromatic carbocycles. The van der Waals surface area contributed by atoms with Crippen LogP contribution < -0.4 is 10.1 Å². The minimum atomic E-state index is 0.0480. The first-order valence-corrected chi connectivity index (χ1v) is 6.54. The lowest BCUT2D eigenvalue weighted by molar-refractivity contribution is 0.0916. The topological polar surface area (TPSA) is 38.3 Å². The van der Waals surface area contributed by atoms with Gasteiger partial charge in [-0.15, -0.1) is 0 Å². The van der Waals surface area contributed by atoms with E-state index in [0.29, 0.717) is 0 Å². The summed E-state index contributed by atoms with van der Waals surface area (Å²) in [5.74, 6) is 1.05. The summed E-state index contributed by atoms with van der Waals surface area (Å²) in [5.41, 5.74) is 0.758. The Morgan fingerprint density at radius 2 is 1.89 bits per heavy atom. The highest BCUT2D eigenvalue weighted by atomic mass is 16.5. The first-order chi connectivity index (χ1) is 8.58. The van der Waals surface area contributed by atoms with Gasteiger partial charge in [0.2, 0.25) is 0 Å². The third kappa shape index (κ3) is 4.15. The quantitative estimate of drug-likeness (QED) is 0.755. The van der Waals surface area contributed by atoms with Gasteiger partial charge in [-0.1, -0.05) is 6.92 Å². The number of carbonyl (C=O) groups is 1. The van der Waals surface area contributed by atoms with Crippen LogP contribution in [0.15, 0.2) is 24.3 Å². The summed E-state index contributed by atoms with van der Waals surface area (Å²) in [6.07, 6.45) is 1.00. The molecule has 0 aliphatic rings. The molecule has 1 rings (SSSR count). The van der Waals surface area contributed by atoms with Crippen molar-refractivity contribution >= 4 is 5.78 Å². The van der Waals surface area contributed by atoms with Crippen molar-refractivity contribution in [1.29, 1.82) is 0 Å². The van der Waals surface area contributed by atoms with Crippen molar-refractivity contribution in [2.75, 3.05) is 13.6 Å². The molecule has 0 amide bonds. The largest absolute Gasteiger partial charge is 0.491 e. The second-order valence-corrected chi connectivity index (χ2v) is 4.72. The van der Waals surface area contributed by atoms with E-state index in [0.717, 1.165) is 24.3 Å². The van der Waals surface area contributed by atoms with Crippen LogP contribution in [-0.2, 0) is 0 Å². The van der Waals surface area contributed by atoms with Gasteiger partial charge in [0, 0.05) is 18.0 Å². The van der Waals surface area contributed by atoms with E-state index in [2.05, 4.69) is 5.32 Å². The fourth-order valence-electron chi connectivity index (χ4n) is 1.87. The number of hydrogen-bond acceptors (Lipinski definition) is 3. The third-order valence-corrected chi connectivity index (χ3v) is 2.82. The van der Waals surface area contributed by atoms with Crippen molar-refractivity contribution in [1.82, 2.24) is 5.32 Å². The van der Waals surface area contributed by atoms with E-state index in [9.17, 15) is 4.79 Å². The summed E-state index contributed by atoms with van der Waals surface area (Å²) in [4.78, 5) is 12.2. The van der Waals surface area contributed by atoms with Gasteiger partial charge in [-0.25, -0.2) is 0 Å². The fraction of sp³-hybridized carbons (Fsp3) is 0.533. The van der Waals surface area contributed by atoms with Crippen LogP contribution in [0.5, 0.6) is 5.75 Å². The second kappa shape index (κ2) is 7.17. The lowest BCUT2D eigenvalue weighted by Crippen LogP contribution is -2.25. The SMILES string of the molecule is CCC(CNC)C(=O)c1ccc(OC(C)C)cc1. The maximum Gasteiger partial charge on any atom is 0.167 e. The standard InChI is InChI=1S/C15H23NO2/c1-5-12(10-16-4)15(17)13-6-8-14(9-7-13)18-11(2)3/h6-9,11-12,16H,5,10H2,1-4H3. The zero-order valence-corrected chi connectivity index (χ0v) is 11.7. The van der Waals surface area contributed by atoms with Crippen LogP contribution in [-0.4, -0.2) is 25.5 Å². The Labute approximate surface area is 110 Å². The zero-order chi connectivity index (χ0) is 13.5. The van der Waals surface area contributed by atoms with Gasteiger partial charge in [0.15, 0.2) is 5.78 Å². The number of nitrogens with one attached hydrogen (secondary N) is 1. The van der Waals surface area contributed by atoms with Crippen LogP contribution >= 0.6 is 0 Å². The van der Waals surface area contributed by atoms with E-state index in [1.165, 1.54) is 0 Å². The highest BCUT2D eigenvalue weighted by Gasteiger charge is 2.17. The molecular weight excluding hydrogens is 226 g/mol. The maximum atomic E-state index is 12.2. The number of rotatable bonds is 7. The lowest BCUT2D eigenvalue weighted by Gasteiger charge is -2.14. The van der Waals surface area contributed by atoms with Crippen LogP contribution in [0.25, 0.3) is 0 Å². The van der Waals surface area contributed by atoms with Gasteiger partial charge in [-0.05, 0) is 51.6 Å². The number of benzene rings is 1. The molecule has 1 aromatic rings. The molecule has 0 radical (unpaired) electrons.